The standard InChI is InChI=1S/C30H31FN6O3/c1-20(2)35(3)29(39)24-13-23(31)8-9-25(24)40-26-15-33-19-34-28(26)36-11-10-30(16-36)17-37(18-30)27(38)12-21-4-6-22(14-32)7-5-21/h4-9,13,15,19-20H,10-12,16-18H2,1-3H3. The highest BCUT2D eigenvalue weighted by molar-refractivity contribution is 5.97. The lowest BCUT2D eigenvalue weighted by Gasteiger charge is -2.48. The minimum atomic E-state index is -0.526. The van der Waals surface area contributed by atoms with Crippen LogP contribution in [0.2, 0.25) is 0 Å². The summed E-state index contributed by atoms with van der Waals surface area (Å²) in [6.45, 7) is 6.53. The number of amides is 2. The number of nitriles is 1. The molecule has 2 aromatic carbocycles. The van der Waals surface area contributed by atoms with Gasteiger partial charge in [-0.3, -0.25) is 9.59 Å². The average Bonchev–Trinajstić information content (AvgIpc) is 3.39. The largest absolute Gasteiger partial charge is 0.451 e. The molecule has 0 saturated carbocycles. The molecule has 3 aromatic rings. The monoisotopic (exact) mass is 542 g/mol. The van der Waals surface area contributed by atoms with Gasteiger partial charge in [0.05, 0.1) is 29.8 Å². The summed E-state index contributed by atoms with van der Waals surface area (Å²) in [6.07, 6.45) is 4.20. The molecule has 0 N–H and O–H groups in total. The van der Waals surface area contributed by atoms with E-state index in [4.69, 9.17) is 10.00 Å². The second kappa shape index (κ2) is 10.9. The van der Waals surface area contributed by atoms with Crippen LogP contribution in [0.5, 0.6) is 11.5 Å². The van der Waals surface area contributed by atoms with Crippen molar-refractivity contribution in [3.63, 3.8) is 0 Å². The van der Waals surface area contributed by atoms with Crippen LogP contribution in [0, 0.1) is 22.6 Å². The first-order valence-corrected chi connectivity index (χ1v) is 13.2. The zero-order valence-corrected chi connectivity index (χ0v) is 22.8. The first-order valence-electron chi connectivity index (χ1n) is 13.2. The Morgan fingerprint density at radius 3 is 2.60 bits per heavy atom. The number of hydrogen-bond acceptors (Lipinski definition) is 7. The molecule has 2 amide bonds. The number of rotatable bonds is 7. The van der Waals surface area contributed by atoms with Crippen LogP contribution < -0.4 is 9.64 Å². The molecule has 0 unspecified atom stereocenters. The number of carbonyl (C=O) groups excluding carboxylic acids is 2. The van der Waals surface area contributed by atoms with Crippen LogP contribution in [-0.4, -0.2) is 70.9 Å². The molecule has 0 bridgehead atoms. The lowest BCUT2D eigenvalue weighted by Crippen LogP contribution is -2.59. The maximum absolute atomic E-state index is 14.1. The highest BCUT2D eigenvalue weighted by Crippen LogP contribution is 2.43. The average molecular weight is 543 g/mol. The smallest absolute Gasteiger partial charge is 0.257 e. The number of aromatic nitrogens is 2. The fraction of sp³-hybridized carbons (Fsp3) is 0.367. The van der Waals surface area contributed by atoms with Gasteiger partial charge in [-0.2, -0.15) is 5.26 Å². The Balaban J connectivity index is 1.26. The van der Waals surface area contributed by atoms with Crippen molar-refractivity contribution < 1.29 is 18.7 Å². The Morgan fingerprint density at radius 2 is 1.90 bits per heavy atom. The number of anilines is 1. The lowest BCUT2D eigenvalue weighted by molar-refractivity contribution is -0.141. The number of likely N-dealkylation sites (tertiary alicyclic amines) is 1. The highest BCUT2D eigenvalue weighted by atomic mass is 19.1. The van der Waals surface area contributed by atoms with Crippen molar-refractivity contribution >= 4 is 17.6 Å². The molecule has 3 heterocycles. The van der Waals surface area contributed by atoms with Gasteiger partial charge in [0.2, 0.25) is 5.91 Å². The second-order valence-corrected chi connectivity index (χ2v) is 10.9. The number of ether oxygens (including phenoxy) is 1. The summed E-state index contributed by atoms with van der Waals surface area (Å²) < 4.78 is 20.3. The van der Waals surface area contributed by atoms with E-state index in [2.05, 4.69) is 20.9 Å². The molecule has 2 aliphatic rings. The molecule has 2 fully saturated rings. The molecular formula is C30H31FN6O3. The van der Waals surface area contributed by atoms with Crippen molar-refractivity contribution in [3.05, 3.63) is 77.5 Å². The molecule has 0 radical (unpaired) electrons. The number of nitrogens with zero attached hydrogens (tertiary/aromatic N) is 6. The molecule has 5 rings (SSSR count). The van der Waals surface area contributed by atoms with E-state index < -0.39 is 5.82 Å². The maximum atomic E-state index is 14.1. The predicted octanol–water partition coefficient (Wildman–Crippen LogP) is 4.04. The SMILES string of the molecule is CC(C)N(C)C(=O)c1cc(F)ccc1Oc1cncnc1N1CCC2(CN(C(=O)Cc3ccc(C#N)cc3)C2)C1. The quantitative estimate of drug-likeness (QED) is 0.444. The van der Waals surface area contributed by atoms with E-state index in [0.29, 0.717) is 43.2 Å². The van der Waals surface area contributed by atoms with Crippen molar-refractivity contribution in [2.75, 3.05) is 38.1 Å². The van der Waals surface area contributed by atoms with E-state index >= 15 is 0 Å². The van der Waals surface area contributed by atoms with Crippen LogP contribution in [0.15, 0.2) is 55.0 Å². The first-order chi connectivity index (χ1) is 19.2. The summed E-state index contributed by atoms with van der Waals surface area (Å²) in [5, 5.41) is 8.97. The summed E-state index contributed by atoms with van der Waals surface area (Å²) in [7, 11) is 1.67. The van der Waals surface area contributed by atoms with Gasteiger partial charge in [-0.25, -0.2) is 14.4 Å². The fourth-order valence-electron chi connectivity index (χ4n) is 5.22. The molecule has 206 valence electrons. The number of carbonyl (C=O) groups is 2. The van der Waals surface area contributed by atoms with Crippen LogP contribution in [0.3, 0.4) is 0 Å². The van der Waals surface area contributed by atoms with Crippen LogP contribution in [0.4, 0.5) is 10.2 Å². The van der Waals surface area contributed by atoms with Gasteiger partial charge in [0.25, 0.3) is 5.91 Å². The molecule has 0 atom stereocenters. The van der Waals surface area contributed by atoms with Gasteiger partial charge in [0.15, 0.2) is 11.6 Å². The van der Waals surface area contributed by atoms with Crippen molar-refractivity contribution in [3.8, 4) is 17.6 Å². The van der Waals surface area contributed by atoms with Gasteiger partial charge < -0.3 is 19.4 Å². The number of benzene rings is 2. The minimum Gasteiger partial charge on any atom is -0.451 e. The van der Waals surface area contributed by atoms with E-state index in [1.165, 1.54) is 29.4 Å². The Kier molecular flexibility index (Phi) is 7.39. The van der Waals surface area contributed by atoms with Crippen LogP contribution >= 0.6 is 0 Å². The zero-order valence-electron chi connectivity index (χ0n) is 22.8. The number of hydrogen-bond donors (Lipinski definition) is 0. The molecule has 10 heteroatoms. The summed E-state index contributed by atoms with van der Waals surface area (Å²) in [6, 6.07) is 13.0. The molecule has 1 aromatic heterocycles. The minimum absolute atomic E-state index is 0.0283. The van der Waals surface area contributed by atoms with Gasteiger partial charge >= 0.3 is 0 Å². The van der Waals surface area contributed by atoms with E-state index in [1.807, 2.05) is 30.9 Å². The third kappa shape index (κ3) is 5.45. The molecule has 0 aliphatic carbocycles. The van der Waals surface area contributed by atoms with E-state index in [0.717, 1.165) is 18.5 Å². The third-order valence-electron chi connectivity index (χ3n) is 7.73. The molecule has 9 nitrogen and oxygen atoms in total. The Morgan fingerprint density at radius 1 is 1.15 bits per heavy atom. The lowest BCUT2D eigenvalue weighted by atomic mass is 9.79. The molecule has 2 saturated heterocycles. The van der Waals surface area contributed by atoms with Crippen molar-refractivity contribution in [2.24, 2.45) is 5.41 Å². The van der Waals surface area contributed by atoms with Gasteiger partial charge in [-0.1, -0.05) is 12.1 Å². The second-order valence-electron chi connectivity index (χ2n) is 10.9. The predicted molar refractivity (Wildman–Crippen MR) is 146 cm³/mol. The topological polar surface area (TPSA) is 103 Å². The van der Waals surface area contributed by atoms with Crippen LogP contribution in [0.1, 0.15) is 41.8 Å². The number of halogens is 1. The van der Waals surface area contributed by atoms with Crippen molar-refractivity contribution in [1.82, 2.24) is 19.8 Å². The highest BCUT2D eigenvalue weighted by Gasteiger charge is 2.49. The molecular weight excluding hydrogens is 511 g/mol. The van der Waals surface area contributed by atoms with Gasteiger partial charge in [-0.05, 0) is 56.2 Å². The van der Waals surface area contributed by atoms with Crippen molar-refractivity contribution in [2.45, 2.75) is 32.7 Å². The van der Waals surface area contributed by atoms with E-state index in [-0.39, 0.29) is 34.6 Å². The van der Waals surface area contributed by atoms with Gasteiger partial charge in [0, 0.05) is 44.7 Å². The fourth-order valence-corrected chi connectivity index (χ4v) is 5.22. The first kappa shape index (κ1) is 27.1. The van der Waals surface area contributed by atoms with Crippen LogP contribution in [0.25, 0.3) is 0 Å². The van der Waals surface area contributed by atoms with Crippen molar-refractivity contribution in [1.29, 1.82) is 5.26 Å². The Bertz CT molecular complexity index is 1460. The molecule has 1 spiro atoms. The normalized spacial score (nSPS) is 15.6. The Labute approximate surface area is 232 Å². The van der Waals surface area contributed by atoms with Gasteiger partial charge in [0.1, 0.15) is 17.9 Å². The summed E-state index contributed by atoms with van der Waals surface area (Å²) in [4.78, 5) is 40.0. The molecule has 2 aliphatic heterocycles. The summed E-state index contributed by atoms with van der Waals surface area (Å²) in [5.41, 5.74) is 1.56. The third-order valence-corrected chi connectivity index (χ3v) is 7.73. The van der Waals surface area contributed by atoms with E-state index in [9.17, 15) is 14.0 Å². The van der Waals surface area contributed by atoms with Crippen LogP contribution in [-0.2, 0) is 11.2 Å². The molecule has 40 heavy (non-hydrogen) atoms. The maximum Gasteiger partial charge on any atom is 0.257 e. The summed E-state index contributed by atoms with van der Waals surface area (Å²) in [5.74, 6) is 0.395. The zero-order chi connectivity index (χ0) is 28.4. The van der Waals surface area contributed by atoms with Gasteiger partial charge in [-0.15, -0.1) is 0 Å². The van der Waals surface area contributed by atoms with E-state index in [1.54, 1.807) is 25.4 Å². The Hall–Kier alpha value is -4.52. The summed E-state index contributed by atoms with van der Waals surface area (Å²) >= 11 is 0.